The molecule has 1 fully saturated rings. The maximum Gasteiger partial charge on any atom is 0.417 e. The van der Waals surface area contributed by atoms with Gasteiger partial charge in [-0.3, -0.25) is 14.5 Å². The predicted octanol–water partition coefficient (Wildman–Crippen LogP) is 1.60. The van der Waals surface area contributed by atoms with Gasteiger partial charge in [-0.15, -0.1) is 0 Å². The van der Waals surface area contributed by atoms with Crippen molar-refractivity contribution >= 4 is 17.6 Å². The minimum Gasteiger partial charge on any atom is -0.354 e. The highest BCUT2D eigenvalue weighted by atomic mass is 19.4. The molecule has 1 saturated heterocycles. The van der Waals surface area contributed by atoms with Gasteiger partial charge >= 0.3 is 6.18 Å². The van der Waals surface area contributed by atoms with Gasteiger partial charge in [0.2, 0.25) is 11.8 Å². The summed E-state index contributed by atoms with van der Waals surface area (Å²) in [5.41, 5.74) is -1.13. The third kappa shape index (κ3) is 7.19. The minimum absolute atomic E-state index is 0.00839. The summed E-state index contributed by atoms with van der Waals surface area (Å²) in [4.78, 5) is 33.5. The highest BCUT2D eigenvalue weighted by Gasteiger charge is 2.31. The molecule has 29 heavy (non-hydrogen) atoms. The maximum atomic E-state index is 12.6. The van der Waals surface area contributed by atoms with Crippen molar-refractivity contribution in [2.75, 3.05) is 51.2 Å². The molecule has 1 aromatic rings. The zero-order chi connectivity index (χ0) is 21.8. The van der Waals surface area contributed by atoms with E-state index in [1.807, 2.05) is 30.6 Å². The number of aromatic nitrogens is 1. The lowest BCUT2D eigenvalue weighted by Crippen LogP contribution is -2.51. The lowest BCUT2D eigenvalue weighted by atomic mass is 10.1. The van der Waals surface area contributed by atoms with Crippen LogP contribution in [0.5, 0.6) is 0 Å². The van der Waals surface area contributed by atoms with Crippen LogP contribution in [0, 0.1) is 0 Å². The molecule has 1 aliphatic heterocycles. The van der Waals surface area contributed by atoms with E-state index in [0.29, 0.717) is 32.0 Å². The molecule has 0 unspecified atom stereocenters. The fourth-order valence-corrected chi connectivity index (χ4v) is 2.95. The number of rotatable bonds is 5. The van der Waals surface area contributed by atoms with Gasteiger partial charge in [0, 0.05) is 45.0 Å². The van der Waals surface area contributed by atoms with Gasteiger partial charge in [-0.05, 0) is 32.9 Å². The monoisotopic (exact) mass is 415 g/mol. The topological polar surface area (TPSA) is 68.8 Å². The van der Waals surface area contributed by atoms with Crippen molar-refractivity contribution in [1.29, 1.82) is 0 Å². The summed E-state index contributed by atoms with van der Waals surface area (Å²) in [6.07, 6.45) is -3.57. The van der Waals surface area contributed by atoms with Crippen LogP contribution in [0.2, 0.25) is 0 Å². The fraction of sp³-hybridized carbons (Fsp3) is 0.632. The molecule has 0 atom stereocenters. The summed E-state index contributed by atoms with van der Waals surface area (Å²) in [7, 11) is 1.59. The number of carbonyl (C=O) groups is 2. The molecule has 0 bridgehead atoms. The second kappa shape index (κ2) is 8.98. The van der Waals surface area contributed by atoms with Gasteiger partial charge in [-0.25, -0.2) is 4.98 Å². The third-order valence-electron chi connectivity index (χ3n) is 4.45. The van der Waals surface area contributed by atoms with Crippen LogP contribution in [0.15, 0.2) is 18.3 Å². The van der Waals surface area contributed by atoms with Gasteiger partial charge in [-0.2, -0.15) is 13.2 Å². The molecule has 1 aliphatic rings. The smallest absolute Gasteiger partial charge is 0.354 e. The number of likely N-dealkylation sites (N-methyl/N-ethyl adjacent to an activating group) is 1. The third-order valence-corrected chi connectivity index (χ3v) is 4.45. The molecule has 7 nitrogen and oxygen atoms in total. The second-order valence-corrected chi connectivity index (χ2v) is 8.21. The Morgan fingerprint density at radius 3 is 2.24 bits per heavy atom. The van der Waals surface area contributed by atoms with Crippen LogP contribution in [-0.4, -0.2) is 78.5 Å². The maximum absolute atomic E-state index is 12.6. The molecule has 1 aromatic heterocycles. The van der Waals surface area contributed by atoms with Crippen molar-refractivity contribution in [2.24, 2.45) is 0 Å². The van der Waals surface area contributed by atoms with E-state index in [0.717, 1.165) is 12.3 Å². The van der Waals surface area contributed by atoms with Crippen LogP contribution in [0.4, 0.5) is 19.0 Å². The molecule has 162 valence electrons. The van der Waals surface area contributed by atoms with Crippen molar-refractivity contribution < 1.29 is 22.8 Å². The van der Waals surface area contributed by atoms with Gasteiger partial charge in [0.15, 0.2) is 0 Å². The number of hydrogen-bond donors (Lipinski definition) is 1. The molecule has 1 N–H and O–H groups in total. The Hall–Kier alpha value is -2.36. The highest BCUT2D eigenvalue weighted by Crippen LogP contribution is 2.29. The number of anilines is 1. The molecule has 2 amide bonds. The van der Waals surface area contributed by atoms with Crippen molar-refractivity contribution in [3.8, 4) is 0 Å². The lowest BCUT2D eigenvalue weighted by molar-refractivity contribution is -0.137. The average molecular weight is 415 g/mol. The molecular weight excluding hydrogens is 387 g/mol. The van der Waals surface area contributed by atoms with Crippen molar-refractivity contribution in [1.82, 2.24) is 20.1 Å². The Morgan fingerprint density at radius 2 is 1.76 bits per heavy atom. The average Bonchev–Trinajstić information content (AvgIpc) is 2.60. The number of nitrogens with one attached hydrogen (secondary N) is 1. The standard InChI is InChI=1S/C19H28F3N5O2/c1-18(2,3)24-16(28)12-25(4)17(29)13-26-7-9-27(10-8-26)15-6-5-14(11-23-15)19(20,21)22/h5-6,11H,7-10,12-13H2,1-4H3,(H,24,28). The normalized spacial score (nSPS) is 15.9. The first-order valence-corrected chi connectivity index (χ1v) is 9.41. The summed E-state index contributed by atoms with van der Waals surface area (Å²) in [6, 6.07) is 2.39. The number of carbonyl (C=O) groups excluding carboxylic acids is 2. The summed E-state index contributed by atoms with van der Waals surface area (Å²) in [5, 5.41) is 2.82. The quantitative estimate of drug-likeness (QED) is 0.791. The van der Waals surface area contributed by atoms with Crippen LogP contribution in [0.25, 0.3) is 0 Å². The molecule has 10 heteroatoms. The van der Waals surface area contributed by atoms with Gasteiger partial charge < -0.3 is 15.1 Å². The Morgan fingerprint density at radius 1 is 1.14 bits per heavy atom. The second-order valence-electron chi connectivity index (χ2n) is 8.21. The van der Waals surface area contributed by atoms with E-state index >= 15 is 0 Å². The first-order valence-electron chi connectivity index (χ1n) is 9.41. The Balaban J connectivity index is 1.80. The van der Waals surface area contributed by atoms with E-state index in [4.69, 9.17) is 0 Å². The van der Waals surface area contributed by atoms with E-state index in [2.05, 4.69) is 10.3 Å². The van der Waals surface area contributed by atoms with E-state index in [-0.39, 0.29) is 30.4 Å². The van der Waals surface area contributed by atoms with Gasteiger partial charge in [0.05, 0.1) is 18.7 Å². The molecular formula is C19H28F3N5O2. The highest BCUT2D eigenvalue weighted by molar-refractivity contribution is 5.85. The van der Waals surface area contributed by atoms with Gasteiger partial charge in [0.25, 0.3) is 0 Å². The number of halogens is 3. The number of alkyl halides is 3. The summed E-state index contributed by atoms with van der Waals surface area (Å²) in [6.45, 7) is 8.07. The molecule has 0 radical (unpaired) electrons. The molecule has 0 aromatic carbocycles. The molecule has 0 spiro atoms. The van der Waals surface area contributed by atoms with Crippen LogP contribution in [0.1, 0.15) is 26.3 Å². The lowest BCUT2D eigenvalue weighted by Gasteiger charge is -2.35. The Kier molecular flexibility index (Phi) is 7.10. The summed E-state index contributed by atoms with van der Waals surface area (Å²) in [5.74, 6) is 0.113. The largest absolute Gasteiger partial charge is 0.417 e. The van der Waals surface area contributed by atoms with Crippen molar-refractivity contribution in [2.45, 2.75) is 32.5 Å². The summed E-state index contributed by atoms with van der Waals surface area (Å²) < 4.78 is 37.9. The zero-order valence-corrected chi connectivity index (χ0v) is 17.2. The zero-order valence-electron chi connectivity index (χ0n) is 17.2. The number of amides is 2. The van der Waals surface area contributed by atoms with E-state index < -0.39 is 11.7 Å². The number of pyridine rings is 1. The number of nitrogens with zero attached hydrogens (tertiary/aromatic N) is 4. The van der Waals surface area contributed by atoms with Gasteiger partial charge in [-0.1, -0.05) is 0 Å². The SMILES string of the molecule is CN(CC(=O)NC(C)(C)C)C(=O)CN1CCN(c2ccc(C(F)(F)F)cn2)CC1. The van der Waals surface area contributed by atoms with Crippen LogP contribution < -0.4 is 10.2 Å². The molecule has 2 rings (SSSR count). The number of piperazine rings is 1. The van der Waals surface area contributed by atoms with Crippen LogP contribution >= 0.6 is 0 Å². The van der Waals surface area contributed by atoms with Crippen LogP contribution in [-0.2, 0) is 15.8 Å². The summed E-state index contributed by atoms with van der Waals surface area (Å²) >= 11 is 0. The molecule has 2 heterocycles. The molecule has 0 saturated carbocycles. The van der Waals surface area contributed by atoms with E-state index in [1.54, 1.807) is 7.05 Å². The molecule has 0 aliphatic carbocycles. The van der Waals surface area contributed by atoms with Crippen molar-refractivity contribution in [3.63, 3.8) is 0 Å². The fourth-order valence-electron chi connectivity index (χ4n) is 2.95. The number of hydrogen-bond acceptors (Lipinski definition) is 5. The predicted molar refractivity (Wildman–Crippen MR) is 103 cm³/mol. The van der Waals surface area contributed by atoms with E-state index in [1.165, 1.54) is 11.0 Å². The minimum atomic E-state index is -4.40. The Bertz CT molecular complexity index is 708. The van der Waals surface area contributed by atoms with Crippen LogP contribution in [0.3, 0.4) is 0 Å². The van der Waals surface area contributed by atoms with E-state index in [9.17, 15) is 22.8 Å². The Labute approximate surface area is 168 Å². The van der Waals surface area contributed by atoms with Crippen molar-refractivity contribution in [3.05, 3.63) is 23.9 Å². The first kappa shape index (κ1) is 22.9. The first-order chi connectivity index (χ1) is 13.3. The van der Waals surface area contributed by atoms with Gasteiger partial charge in [0.1, 0.15) is 5.82 Å².